The number of hydrogen-bond acceptors (Lipinski definition) is 6. The van der Waals surface area contributed by atoms with Crippen molar-refractivity contribution in [2.45, 2.75) is 32.3 Å². The van der Waals surface area contributed by atoms with Gasteiger partial charge in [-0.2, -0.15) is 15.0 Å². The van der Waals surface area contributed by atoms with E-state index >= 15 is 0 Å². The van der Waals surface area contributed by atoms with Gasteiger partial charge in [-0.1, -0.05) is 13.8 Å². The quantitative estimate of drug-likeness (QED) is 0.718. The number of anilines is 2. The molecule has 0 spiro atoms. The third-order valence-corrected chi connectivity index (χ3v) is 2.69. The minimum atomic E-state index is -0.770. The summed E-state index contributed by atoms with van der Waals surface area (Å²) in [4.78, 5) is 11.3. The molecular formula is C9H16ClN5O. The van der Waals surface area contributed by atoms with E-state index in [1.807, 2.05) is 13.8 Å². The van der Waals surface area contributed by atoms with Crippen molar-refractivity contribution in [2.75, 3.05) is 17.6 Å². The van der Waals surface area contributed by atoms with Gasteiger partial charge in [-0.25, -0.2) is 0 Å². The van der Waals surface area contributed by atoms with Crippen LogP contribution in [-0.4, -0.2) is 32.2 Å². The minimum Gasteiger partial charge on any atom is -0.388 e. The first-order valence-corrected chi connectivity index (χ1v) is 5.50. The van der Waals surface area contributed by atoms with E-state index < -0.39 is 5.60 Å². The first-order chi connectivity index (χ1) is 7.49. The summed E-state index contributed by atoms with van der Waals surface area (Å²) in [6, 6.07) is 0. The zero-order valence-corrected chi connectivity index (χ0v) is 10.1. The van der Waals surface area contributed by atoms with Gasteiger partial charge >= 0.3 is 0 Å². The van der Waals surface area contributed by atoms with Crippen molar-refractivity contribution in [2.24, 2.45) is 0 Å². The number of nitrogens with one attached hydrogen (secondary N) is 1. The van der Waals surface area contributed by atoms with E-state index in [2.05, 4.69) is 20.3 Å². The zero-order chi connectivity index (χ0) is 12.2. The van der Waals surface area contributed by atoms with Crippen molar-refractivity contribution >= 4 is 23.5 Å². The van der Waals surface area contributed by atoms with Gasteiger partial charge in [-0.15, -0.1) is 0 Å². The van der Waals surface area contributed by atoms with Crippen molar-refractivity contribution < 1.29 is 5.11 Å². The molecule has 7 heteroatoms. The lowest BCUT2D eigenvalue weighted by molar-refractivity contribution is 0.0455. The molecule has 16 heavy (non-hydrogen) atoms. The number of nitrogen functional groups attached to an aromatic ring is 1. The number of nitrogens with zero attached hydrogens (tertiary/aromatic N) is 3. The Morgan fingerprint density at radius 1 is 1.31 bits per heavy atom. The Hall–Kier alpha value is -1.14. The van der Waals surface area contributed by atoms with E-state index in [9.17, 15) is 5.11 Å². The summed E-state index contributed by atoms with van der Waals surface area (Å²) in [5, 5.41) is 13.0. The van der Waals surface area contributed by atoms with Crippen molar-refractivity contribution in [3.05, 3.63) is 5.28 Å². The number of aliphatic hydroxyl groups is 1. The van der Waals surface area contributed by atoms with Gasteiger partial charge in [0.25, 0.3) is 0 Å². The molecular weight excluding hydrogens is 230 g/mol. The van der Waals surface area contributed by atoms with E-state index in [0.717, 1.165) is 0 Å². The lowest BCUT2D eigenvalue weighted by Crippen LogP contribution is -2.35. The van der Waals surface area contributed by atoms with E-state index in [1.54, 1.807) is 0 Å². The fourth-order valence-corrected chi connectivity index (χ4v) is 1.35. The van der Waals surface area contributed by atoms with Crippen LogP contribution in [0.25, 0.3) is 0 Å². The van der Waals surface area contributed by atoms with Crippen LogP contribution in [-0.2, 0) is 0 Å². The van der Waals surface area contributed by atoms with Crippen LogP contribution in [0.2, 0.25) is 5.28 Å². The average Bonchev–Trinajstić information content (AvgIpc) is 2.25. The van der Waals surface area contributed by atoms with Crippen molar-refractivity contribution in [1.82, 2.24) is 15.0 Å². The second kappa shape index (κ2) is 5.27. The van der Waals surface area contributed by atoms with Gasteiger partial charge in [0, 0.05) is 6.54 Å². The molecule has 1 aromatic rings. The predicted molar refractivity (Wildman–Crippen MR) is 63.3 cm³/mol. The highest BCUT2D eigenvalue weighted by Gasteiger charge is 2.22. The van der Waals surface area contributed by atoms with Crippen LogP contribution in [0.15, 0.2) is 0 Å². The second-order valence-electron chi connectivity index (χ2n) is 3.57. The van der Waals surface area contributed by atoms with Crippen LogP contribution in [0, 0.1) is 0 Å². The van der Waals surface area contributed by atoms with Gasteiger partial charge in [-0.3, -0.25) is 0 Å². The monoisotopic (exact) mass is 245 g/mol. The molecule has 90 valence electrons. The standard InChI is InChI=1S/C9H16ClN5O/c1-3-9(16,4-2)5-12-8-14-6(10)13-7(11)15-8/h16H,3-5H2,1-2H3,(H3,11,12,13,14,15). The minimum absolute atomic E-state index is 0.0338. The highest BCUT2D eigenvalue weighted by molar-refractivity contribution is 6.28. The molecule has 0 fully saturated rings. The number of nitrogens with two attached hydrogens (primary N) is 1. The summed E-state index contributed by atoms with van der Waals surface area (Å²) in [6.07, 6.45) is 1.29. The molecule has 1 rings (SSSR count). The highest BCUT2D eigenvalue weighted by Crippen LogP contribution is 2.15. The number of aromatic nitrogens is 3. The Morgan fingerprint density at radius 2 is 1.94 bits per heavy atom. The molecule has 0 aliphatic heterocycles. The molecule has 6 nitrogen and oxygen atoms in total. The largest absolute Gasteiger partial charge is 0.388 e. The lowest BCUT2D eigenvalue weighted by Gasteiger charge is -2.25. The van der Waals surface area contributed by atoms with Crippen LogP contribution in [0.1, 0.15) is 26.7 Å². The van der Waals surface area contributed by atoms with Gasteiger partial charge in [0.2, 0.25) is 17.2 Å². The van der Waals surface area contributed by atoms with E-state index in [1.165, 1.54) is 0 Å². The molecule has 0 aromatic carbocycles. The summed E-state index contributed by atoms with van der Waals surface area (Å²) in [5.41, 5.74) is 4.64. The first kappa shape index (κ1) is 12.9. The maximum Gasteiger partial charge on any atom is 0.228 e. The summed E-state index contributed by atoms with van der Waals surface area (Å²) in [5.74, 6) is 0.330. The molecule has 0 unspecified atom stereocenters. The number of hydrogen-bond donors (Lipinski definition) is 3. The van der Waals surface area contributed by atoms with Gasteiger partial charge in [-0.05, 0) is 24.4 Å². The van der Waals surface area contributed by atoms with Crippen LogP contribution >= 0.6 is 11.6 Å². The summed E-state index contributed by atoms with van der Waals surface area (Å²) in [6.45, 7) is 4.18. The maximum absolute atomic E-state index is 10.0. The fraction of sp³-hybridized carbons (Fsp3) is 0.667. The van der Waals surface area contributed by atoms with Crippen molar-refractivity contribution in [3.63, 3.8) is 0 Å². The number of halogens is 1. The molecule has 0 saturated carbocycles. The van der Waals surface area contributed by atoms with Gasteiger partial charge in [0.15, 0.2) is 0 Å². The summed E-state index contributed by atoms with van der Waals surface area (Å²) in [7, 11) is 0. The van der Waals surface area contributed by atoms with E-state index in [4.69, 9.17) is 17.3 Å². The van der Waals surface area contributed by atoms with Crippen LogP contribution < -0.4 is 11.1 Å². The van der Waals surface area contributed by atoms with E-state index in [0.29, 0.717) is 19.4 Å². The molecule has 0 aliphatic rings. The van der Waals surface area contributed by atoms with Crippen molar-refractivity contribution in [3.8, 4) is 0 Å². The molecule has 1 aromatic heterocycles. The lowest BCUT2D eigenvalue weighted by atomic mass is 9.98. The second-order valence-corrected chi connectivity index (χ2v) is 3.91. The summed E-state index contributed by atoms with van der Waals surface area (Å²) >= 11 is 5.62. The first-order valence-electron chi connectivity index (χ1n) is 5.12. The molecule has 0 atom stereocenters. The van der Waals surface area contributed by atoms with Gasteiger partial charge in [0.05, 0.1) is 5.60 Å². The smallest absolute Gasteiger partial charge is 0.228 e. The summed E-state index contributed by atoms with van der Waals surface area (Å²) < 4.78 is 0. The molecule has 0 saturated heterocycles. The Morgan fingerprint density at radius 3 is 2.44 bits per heavy atom. The molecule has 0 aliphatic carbocycles. The molecule has 0 amide bonds. The Kier molecular flexibility index (Phi) is 4.26. The van der Waals surface area contributed by atoms with E-state index in [-0.39, 0.29) is 17.2 Å². The third-order valence-electron chi connectivity index (χ3n) is 2.52. The molecule has 0 bridgehead atoms. The Labute approximate surface area is 99.3 Å². The van der Waals surface area contributed by atoms with Crippen molar-refractivity contribution in [1.29, 1.82) is 0 Å². The average molecular weight is 246 g/mol. The number of rotatable bonds is 5. The van der Waals surface area contributed by atoms with Crippen LogP contribution in [0.4, 0.5) is 11.9 Å². The SMILES string of the molecule is CCC(O)(CC)CNc1nc(N)nc(Cl)n1. The molecule has 0 radical (unpaired) electrons. The van der Waals surface area contributed by atoms with Crippen LogP contribution in [0.5, 0.6) is 0 Å². The van der Waals surface area contributed by atoms with Gasteiger partial charge < -0.3 is 16.2 Å². The Bertz CT molecular complexity index is 336. The van der Waals surface area contributed by atoms with Crippen LogP contribution in [0.3, 0.4) is 0 Å². The van der Waals surface area contributed by atoms with Gasteiger partial charge in [0.1, 0.15) is 0 Å². The molecule has 4 N–H and O–H groups in total. The fourth-order valence-electron chi connectivity index (χ4n) is 1.19. The zero-order valence-electron chi connectivity index (χ0n) is 9.37. The third kappa shape index (κ3) is 3.46. The normalized spacial score (nSPS) is 11.5. The predicted octanol–water partition coefficient (Wildman–Crippen LogP) is 1.07. The Balaban J connectivity index is 2.67. The molecule has 1 heterocycles. The maximum atomic E-state index is 10.0. The topological polar surface area (TPSA) is 97.0 Å². The highest BCUT2D eigenvalue weighted by atomic mass is 35.5.